The van der Waals surface area contributed by atoms with Crippen molar-refractivity contribution in [2.45, 2.75) is 0 Å². The van der Waals surface area contributed by atoms with E-state index in [0.29, 0.717) is 0 Å². The molecular formula is C21H16ClNO. The van der Waals surface area contributed by atoms with E-state index < -0.39 is 5.24 Å². The molecule has 3 rings (SSSR count). The molecule has 0 bridgehead atoms. The highest BCUT2D eigenvalue weighted by molar-refractivity contribution is 6.66. The first-order valence-electron chi connectivity index (χ1n) is 7.62. The Labute approximate surface area is 146 Å². The van der Waals surface area contributed by atoms with E-state index in [1.165, 1.54) is 6.08 Å². The molecule has 0 fully saturated rings. The lowest BCUT2D eigenvalue weighted by Crippen LogP contribution is -2.09. The van der Waals surface area contributed by atoms with E-state index in [1.807, 2.05) is 60.7 Å². The molecule has 3 aromatic carbocycles. The molecule has 0 heterocycles. The van der Waals surface area contributed by atoms with Crippen LogP contribution in [0.4, 0.5) is 17.1 Å². The third-order valence-corrected chi connectivity index (χ3v) is 3.71. The van der Waals surface area contributed by atoms with Crippen LogP contribution in [-0.2, 0) is 4.79 Å². The number of benzene rings is 3. The second kappa shape index (κ2) is 7.62. The second-order valence-electron chi connectivity index (χ2n) is 5.24. The van der Waals surface area contributed by atoms with Crippen LogP contribution in [0.15, 0.2) is 91.0 Å². The molecule has 3 aromatic rings. The van der Waals surface area contributed by atoms with E-state index in [2.05, 4.69) is 29.2 Å². The second-order valence-corrected chi connectivity index (χ2v) is 5.61. The van der Waals surface area contributed by atoms with Crippen LogP contribution in [0.5, 0.6) is 0 Å². The lowest BCUT2D eigenvalue weighted by Gasteiger charge is -2.25. The zero-order valence-electron chi connectivity index (χ0n) is 13.0. The monoisotopic (exact) mass is 333 g/mol. The minimum Gasteiger partial charge on any atom is -0.311 e. The van der Waals surface area contributed by atoms with E-state index in [9.17, 15) is 4.79 Å². The average molecular weight is 334 g/mol. The molecule has 0 spiro atoms. The minimum atomic E-state index is -0.478. The van der Waals surface area contributed by atoms with Crippen LogP contribution in [0.1, 0.15) is 5.56 Å². The highest BCUT2D eigenvalue weighted by Gasteiger charge is 2.11. The zero-order chi connectivity index (χ0) is 16.8. The van der Waals surface area contributed by atoms with Crippen LogP contribution in [0, 0.1) is 0 Å². The summed E-state index contributed by atoms with van der Waals surface area (Å²) in [6.45, 7) is 0. The van der Waals surface area contributed by atoms with Gasteiger partial charge >= 0.3 is 0 Å². The summed E-state index contributed by atoms with van der Waals surface area (Å²) in [5.41, 5.74) is 4.14. The fourth-order valence-corrected chi connectivity index (χ4v) is 2.56. The average Bonchev–Trinajstić information content (AvgIpc) is 2.63. The number of halogens is 1. The predicted molar refractivity (Wildman–Crippen MR) is 101 cm³/mol. The van der Waals surface area contributed by atoms with Crippen molar-refractivity contribution in [1.29, 1.82) is 0 Å². The number of hydrogen-bond donors (Lipinski definition) is 0. The van der Waals surface area contributed by atoms with Gasteiger partial charge in [-0.25, -0.2) is 0 Å². The van der Waals surface area contributed by atoms with Gasteiger partial charge in [0.05, 0.1) is 0 Å². The number of carbonyl (C=O) groups is 1. The van der Waals surface area contributed by atoms with Crippen molar-refractivity contribution >= 4 is 40.0 Å². The summed E-state index contributed by atoms with van der Waals surface area (Å²) < 4.78 is 0. The molecule has 0 unspecified atom stereocenters. The van der Waals surface area contributed by atoms with Crippen LogP contribution in [0.25, 0.3) is 6.08 Å². The Kier molecular flexibility index (Phi) is 5.09. The van der Waals surface area contributed by atoms with Crippen LogP contribution in [0.2, 0.25) is 0 Å². The molecule has 24 heavy (non-hydrogen) atoms. The molecule has 0 aliphatic heterocycles. The molecule has 0 aliphatic carbocycles. The summed E-state index contributed by atoms with van der Waals surface area (Å²) in [5, 5.41) is -0.478. The van der Waals surface area contributed by atoms with Crippen molar-refractivity contribution in [2.75, 3.05) is 4.90 Å². The van der Waals surface area contributed by atoms with Crippen LogP contribution in [-0.4, -0.2) is 5.24 Å². The molecule has 0 radical (unpaired) electrons. The Balaban J connectivity index is 1.99. The molecule has 118 valence electrons. The Morgan fingerprint density at radius 1 is 0.708 bits per heavy atom. The summed E-state index contributed by atoms with van der Waals surface area (Å²) in [7, 11) is 0. The summed E-state index contributed by atoms with van der Waals surface area (Å²) in [6, 6.07) is 28.4. The number of rotatable bonds is 5. The molecule has 0 atom stereocenters. The molecule has 0 aromatic heterocycles. The van der Waals surface area contributed by atoms with Crippen molar-refractivity contribution in [3.63, 3.8) is 0 Å². The van der Waals surface area contributed by atoms with Gasteiger partial charge in [-0.3, -0.25) is 4.79 Å². The van der Waals surface area contributed by atoms with Gasteiger partial charge in [-0.05, 0) is 59.6 Å². The van der Waals surface area contributed by atoms with E-state index in [4.69, 9.17) is 11.6 Å². The van der Waals surface area contributed by atoms with Gasteiger partial charge in [0.2, 0.25) is 5.24 Å². The Bertz CT molecular complexity index is 787. The summed E-state index contributed by atoms with van der Waals surface area (Å²) in [6.07, 6.45) is 3.05. The van der Waals surface area contributed by atoms with Crippen molar-refractivity contribution in [3.05, 3.63) is 96.6 Å². The minimum absolute atomic E-state index is 0.478. The molecule has 0 saturated heterocycles. The first kappa shape index (κ1) is 16.0. The molecule has 0 amide bonds. The SMILES string of the molecule is O=C(Cl)/C=C/c1ccc(N(c2ccccc2)c2ccccc2)cc1. The van der Waals surface area contributed by atoms with Gasteiger partial charge in [0.15, 0.2) is 0 Å². The Hall–Kier alpha value is -2.84. The highest BCUT2D eigenvalue weighted by Crippen LogP contribution is 2.34. The predicted octanol–water partition coefficient (Wildman–Crippen LogP) is 5.94. The number of carbonyl (C=O) groups excluding carboxylic acids is 1. The smallest absolute Gasteiger partial charge is 0.245 e. The van der Waals surface area contributed by atoms with E-state index in [0.717, 1.165) is 22.6 Å². The van der Waals surface area contributed by atoms with Crippen molar-refractivity contribution in [1.82, 2.24) is 0 Å². The van der Waals surface area contributed by atoms with Crippen molar-refractivity contribution in [3.8, 4) is 0 Å². The first-order valence-corrected chi connectivity index (χ1v) is 8.00. The quantitative estimate of drug-likeness (QED) is 0.425. The summed E-state index contributed by atoms with van der Waals surface area (Å²) in [4.78, 5) is 13.0. The largest absolute Gasteiger partial charge is 0.311 e. The number of nitrogens with zero attached hydrogens (tertiary/aromatic N) is 1. The van der Waals surface area contributed by atoms with Gasteiger partial charge in [0.25, 0.3) is 0 Å². The van der Waals surface area contributed by atoms with Gasteiger partial charge in [-0.2, -0.15) is 0 Å². The number of anilines is 3. The Morgan fingerprint density at radius 2 is 1.17 bits per heavy atom. The molecule has 0 saturated carbocycles. The normalized spacial score (nSPS) is 10.7. The lowest BCUT2D eigenvalue weighted by molar-refractivity contribution is -0.107. The summed E-state index contributed by atoms with van der Waals surface area (Å²) >= 11 is 5.34. The molecule has 0 N–H and O–H groups in total. The molecule has 2 nitrogen and oxygen atoms in total. The maximum atomic E-state index is 10.8. The van der Waals surface area contributed by atoms with E-state index in [-0.39, 0.29) is 0 Å². The third-order valence-electron chi connectivity index (χ3n) is 3.59. The molecule has 3 heteroatoms. The van der Waals surface area contributed by atoms with E-state index in [1.54, 1.807) is 6.08 Å². The number of para-hydroxylation sites is 2. The van der Waals surface area contributed by atoms with Crippen LogP contribution < -0.4 is 4.90 Å². The van der Waals surface area contributed by atoms with Gasteiger partial charge in [0, 0.05) is 17.1 Å². The number of allylic oxidation sites excluding steroid dienone is 1. The zero-order valence-corrected chi connectivity index (χ0v) is 13.7. The van der Waals surface area contributed by atoms with Gasteiger partial charge < -0.3 is 4.90 Å². The standard InChI is InChI=1S/C21H16ClNO/c22-21(24)16-13-17-11-14-20(15-12-17)23(18-7-3-1-4-8-18)19-9-5-2-6-10-19/h1-16H/b16-13+. The fraction of sp³-hybridized carbons (Fsp3) is 0. The molecular weight excluding hydrogens is 318 g/mol. The summed E-state index contributed by atoms with van der Waals surface area (Å²) in [5.74, 6) is 0. The maximum absolute atomic E-state index is 10.8. The highest BCUT2D eigenvalue weighted by atomic mass is 35.5. The topological polar surface area (TPSA) is 20.3 Å². The maximum Gasteiger partial charge on any atom is 0.245 e. The fourth-order valence-electron chi connectivity index (χ4n) is 2.50. The van der Waals surface area contributed by atoms with Gasteiger partial charge in [-0.15, -0.1) is 0 Å². The van der Waals surface area contributed by atoms with E-state index >= 15 is 0 Å². The molecule has 0 aliphatic rings. The van der Waals surface area contributed by atoms with Crippen LogP contribution in [0.3, 0.4) is 0 Å². The van der Waals surface area contributed by atoms with Gasteiger partial charge in [0.1, 0.15) is 0 Å². The lowest BCUT2D eigenvalue weighted by atomic mass is 10.1. The van der Waals surface area contributed by atoms with Crippen LogP contribution >= 0.6 is 11.6 Å². The van der Waals surface area contributed by atoms with Crippen molar-refractivity contribution < 1.29 is 4.79 Å². The Morgan fingerprint density at radius 3 is 1.62 bits per heavy atom. The first-order chi connectivity index (χ1) is 11.7. The van der Waals surface area contributed by atoms with Crippen molar-refractivity contribution in [2.24, 2.45) is 0 Å². The van der Waals surface area contributed by atoms with Gasteiger partial charge in [-0.1, -0.05) is 54.6 Å². The number of hydrogen-bond acceptors (Lipinski definition) is 2. The third kappa shape index (κ3) is 3.92.